The van der Waals surface area contributed by atoms with Gasteiger partial charge in [0.2, 0.25) is 0 Å². The molecule has 1 aliphatic rings. The van der Waals surface area contributed by atoms with E-state index >= 15 is 0 Å². The summed E-state index contributed by atoms with van der Waals surface area (Å²) in [7, 11) is 0. The van der Waals surface area contributed by atoms with Crippen LogP contribution >= 0.6 is 0 Å². The SMILES string of the molecule is CC(C)(C)CC(=O)[C@H](CC(=O)[C@H](Cc1ccncc1)NC1C=CCCC1)Cc1ccc(OCc2ccccc2)cc1. The maximum absolute atomic E-state index is 13.9. The first-order valence-electron chi connectivity index (χ1n) is 14.9. The lowest BCUT2D eigenvalue weighted by atomic mass is 9.80. The molecular weight excluding hydrogens is 508 g/mol. The molecule has 1 N–H and O–H groups in total. The minimum atomic E-state index is -0.374. The molecule has 3 aromatic rings. The van der Waals surface area contributed by atoms with E-state index in [9.17, 15) is 9.59 Å². The smallest absolute Gasteiger partial charge is 0.150 e. The van der Waals surface area contributed by atoms with Crippen molar-refractivity contribution < 1.29 is 14.3 Å². The fourth-order valence-electron chi connectivity index (χ4n) is 5.33. The van der Waals surface area contributed by atoms with Gasteiger partial charge in [0.05, 0.1) is 6.04 Å². The van der Waals surface area contributed by atoms with E-state index in [-0.39, 0.29) is 41.4 Å². The minimum absolute atomic E-state index is 0.0934. The van der Waals surface area contributed by atoms with Crippen molar-refractivity contribution in [2.75, 3.05) is 0 Å². The summed E-state index contributed by atoms with van der Waals surface area (Å²) in [5, 5.41) is 3.61. The second-order valence-electron chi connectivity index (χ2n) is 12.4. The van der Waals surface area contributed by atoms with Crippen LogP contribution in [0.5, 0.6) is 5.75 Å². The van der Waals surface area contributed by atoms with Crippen molar-refractivity contribution in [1.29, 1.82) is 0 Å². The third-order valence-electron chi connectivity index (χ3n) is 7.51. The van der Waals surface area contributed by atoms with E-state index in [1.165, 1.54) is 0 Å². The van der Waals surface area contributed by atoms with E-state index in [0.717, 1.165) is 41.7 Å². The van der Waals surface area contributed by atoms with Crippen molar-refractivity contribution >= 4 is 11.6 Å². The Morgan fingerprint density at radius 3 is 2.27 bits per heavy atom. The van der Waals surface area contributed by atoms with E-state index in [1.54, 1.807) is 12.4 Å². The standard InChI is InChI=1S/C36H44N2O3/c1-36(2,3)25-35(40)30(22-27-14-16-32(17-15-27)41-26-29-10-6-4-7-11-29)24-34(39)33(23-28-18-20-37-21-19-28)38-31-12-8-5-9-13-31/h4,6-8,10-12,14-21,30-31,33,38H,5,9,13,22-26H2,1-3H3/t30-,31?,33-/m0/s1. The highest BCUT2D eigenvalue weighted by molar-refractivity contribution is 5.91. The lowest BCUT2D eigenvalue weighted by molar-refractivity contribution is -0.130. The molecular formula is C36H44N2O3. The Balaban J connectivity index is 1.47. The zero-order chi connectivity index (χ0) is 29.1. The van der Waals surface area contributed by atoms with Crippen molar-refractivity contribution in [3.8, 4) is 5.75 Å². The van der Waals surface area contributed by atoms with Crippen LogP contribution < -0.4 is 10.1 Å². The van der Waals surface area contributed by atoms with E-state index in [4.69, 9.17) is 4.74 Å². The lowest BCUT2D eigenvalue weighted by Crippen LogP contribution is -2.45. The predicted molar refractivity (Wildman–Crippen MR) is 165 cm³/mol. The second-order valence-corrected chi connectivity index (χ2v) is 12.4. The van der Waals surface area contributed by atoms with Gasteiger partial charge in [0.15, 0.2) is 5.78 Å². The van der Waals surface area contributed by atoms with Gasteiger partial charge in [-0.15, -0.1) is 0 Å². The largest absolute Gasteiger partial charge is 0.489 e. The molecule has 0 fully saturated rings. The van der Waals surface area contributed by atoms with Gasteiger partial charge in [-0.2, -0.15) is 0 Å². The molecule has 0 amide bonds. The summed E-state index contributed by atoms with van der Waals surface area (Å²) in [5.41, 5.74) is 3.07. The molecule has 3 atom stereocenters. The average Bonchev–Trinajstić information content (AvgIpc) is 2.97. The number of pyridine rings is 1. The molecule has 216 valence electrons. The average molecular weight is 553 g/mol. The molecule has 1 aliphatic carbocycles. The Morgan fingerprint density at radius 1 is 0.902 bits per heavy atom. The van der Waals surface area contributed by atoms with Gasteiger partial charge in [0.1, 0.15) is 18.1 Å². The molecule has 5 nitrogen and oxygen atoms in total. The first-order valence-corrected chi connectivity index (χ1v) is 14.9. The van der Waals surface area contributed by atoms with Crippen molar-refractivity contribution in [1.82, 2.24) is 10.3 Å². The molecule has 0 aliphatic heterocycles. The number of nitrogens with zero attached hydrogens (tertiary/aromatic N) is 1. The highest BCUT2D eigenvalue weighted by Crippen LogP contribution is 2.26. The molecule has 41 heavy (non-hydrogen) atoms. The number of carbonyl (C=O) groups excluding carboxylic acids is 2. The molecule has 1 aromatic heterocycles. The van der Waals surface area contributed by atoms with Crippen LogP contribution in [0.2, 0.25) is 0 Å². The molecule has 1 heterocycles. The monoisotopic (exact) mass is 552 g/mol. The summed E-state index contributed by atoms with van der Waals surface area (Å²) in [5.74, 6) is 0.654. The van der Waals surface area contributed by atoms with Crippen LogP contribution in [0.25, 0.3) is 0 Å². The zero-order valence-electron chi connectivity index (χ0n) is 24.7. The van der Waals surface area contributed by atoms with Gasteiger partial charge < -0.3 is 10.1 Å². The number of aromatic nitrogens is 1. The molecule has 0 saturated heterocycles. The highest BCUT2D eigenvalue weighted by Gasteiger charge is 2.30. The number of ether oxygens (including phenoxy) is 1. The number of allylic oxidation sites excluding steroid dienone is 1. The molecule has 2 aromatic carbocycles. The predicted octanol–water partition coefficient (Wildman–Crippen LogP) is 7.09. The Morgan fingerprint density at radius 2 is 1.61 bits per heavy atom. The minimum Gasteiger partial charge on any atom is -0.489 e. The van der Waals surface area contributed by atoms with Crippen molar-refractivity contribution in [2.45, 2.75) is 84.4 Å². The molecule has 0 saturated carbocycles. The molecule has 1 unspecified atom stereocenters. The highest BCUT2D eigenvalue weighted by atomic mass is 16.5. The normalized spacial score (nSPS) is 16.6. The number of rotatable bonds is 14. The van der Waals surface area contributed by atoms with Gasteiger partial charge in [-0.3, -0.25) is 14.6 Å². The molecule has 0 bridgehead atoms. The van der Waals surface area contributed by atoms with Gasteiger partial charge in [-0.05, 0) is 78.5 Å². The Labute approximate surface area is 245 Å². The third kappa shape index (κ3) is 10.4. The van der Waals surface area contributed by atoms with E-state index < -0.39 is 0 Å². The maximum Gasteiger partial charge on any atom is 0.150 e. The number of Topliss-reactive ketones (excluding diaryl/α,β-unsaturated/α-hetero) is 2. The topological polar surface area (TPSA) is 68.3 Å². The Kier molecular flexibility index (Phi) is 11.0. The summed E-state index contributed by atoms with van der Waals surface area (Å²) in [6.07, 6.45) is 12.9. The van der Waals surface area contributed by atoms with Crippen LogP contribution in [0.3, 0.4) is 0 Å². The molecule has 0 radical (unpaired) electrons. The number of hydrogen-bond donors (Lipinski definition) is 1. The van der Waals surface area contributed by atoms with Gasteiger partial charge in [-0.25, -0.2) is 0 Å². The number of carbonyl (C=O) groups is 2. The maximum atomic E-state index is 13.9. The van der Waals surface area contributed by atoms with Crippen molar-refractivity contribution in [3.63, 3.8) is 0 Å². The van der Waals surface area contributed by atoms with Gasteiger partial charge in [0.25, 0.3) is 0 Å². The van der Waals surface area contributed by atoms with Crippen LogP contribution in [0, 0.1) is 11.3 Å². The summed E-state index contributed by atoms with van der Waals surface area (Å²) in [4.78, 5) is 31.6. The van der Waals surface area contributed by atoms with Crippen molar-refractivity contribution in [2.24, 2.45) is 11.3 Å². The molecule has 5 heteroatoms. The van der Waals surface area contributed by atoms with Crippen LogP contribution in [0.4, 0.5) is 0 Å². The fourth-order valence-corrected chi connectivity index (χ4v) is 5.33. The lowest BCUT2D eigenvalue weighted by Gasteiger charge is -2.27. The zero-order valence-corrected chi connectivity index (χ0v) is 24.7. The van der Waals surface area contributed by atoms with Gasteiger partial charge >= 0.3 is 0 Å². The fraction of sp³-hybridized carbons (Fsp3) is 0.417. The number of ketones is 2. The van der Waals surface area contributed by atoms with Crippen LogP contribution in [0.15, 0.2) is 91.3 Å². The van der Waals surface area contributed by atoms with Gasteiger partial charge in [-0.1, -0.05) is 75.4 Å². The second kappa shape index (κ2) is 14.9. The van der Waals surface area contributed by atoms with Gasteiger partial charge in [0, 0.05) is 37.2 Å². The third-order valence-corrected chi connectivity index (χ3v) is 7.51. The summed E-state index contributed by atoms with van der Waals surface area (Å²) in [6.45, 7) is 6.73. The van der Waals surface area contributed by atoms with Crippen LogP contribution in [-0.4, -0.2) is 28.6 Å². The molecule has 0 spiro atoms. The first-order chi connectivity index (χ1) is 19.7. The number of benzene rings is 2. The van der Waals surface area contributed by atoms with Crippen molar-refractivity contribution in [3.05, 3.63) is 108 Å². The Bertz CT molecular complexity index is 1260. The van der Waals surface area contributed by atoms with E-state index in [0.29, 0.717) is 25.9 Å². The quantitative estimate of drug-likeness (QED) is 0.216. The van der Waals surface area contributed by atoms with Crippen LogP contribution in [-0.2, 0) is 29.0 Å². The first kappa shape index (κ1) is 30.4. The summed E-state index contributed by atoms with van der Waals surface area (Å²) < 4.78 is 5.95. The number of hydrogen-bond acceptors (Lipinski definition) is 5. The van der Waals surface area contributed by atoms with E-state index in [2.05, 4.69) is 43.2 Å². The number of nitrogens with one attached hydrogen (secondary N) is 1. The summed E-state index contributed by atoms with van der Waals surface area (Å²) >= 11 is 0. The Hall–Kier alpha value is -3.57. The van der Waals surface area contributed by atoms with E-state index in [1.807, 2.05) is 66.7 Å². The van der Waals surface area contributed by atoms with Crippen LogP contribution in [0.1, 0.15) is 69.6 Å². The summed E-state index contributed by atoms with van der Waals surface area (Å²) in [6, 6.07) is 21.7. The molecule has 4 rings (SSSR count).